The molecule has 180 valence electrons. The van der Waals surface area contributed by atoms with Crippen molar-refractivity contribution in [2.75, 3.05) is 11.8 Å². The quantitative estimate of drug-likeness (QED) is 0.394. The number of hydrogen-bond acceptors (Lipinski definition) is 10. The Balaban J connectivity index is 1.80. The molecule has 2 aromatic heterocycles. The average Bonchev–Trinajstić information content (AvgIpc) is 3.26. The second-order valence-corrected chi connectivity index (χ2v) is 9.52. The number of phenols is 1. The number of nitrogens with zero attached hydrogens (tertiary/aromatic N) is 6. The van der Waals surface area contributed by atoms with Gasteiger partial charge in [-0.15, -0.1) is 10.2 Å². The lowest BCUT2D eigenvalue weighted by molar-refractivity contribution is 0.171. The molecule has 35 heavy (non-hydrogen) atoms. The fraction of sp³-hybridized carbons (Fsp3) is 0.227. The molecule has 0 unspecified atom stereocenters. The molecule has 0 aliphatic carbocycles. The molecule has 1 aliphatic heterocycles. The van der Waals surface area contributed by atoms with Crippen molar-refractivity contribution >= 4 is 27.8 Å². The SMILES string of the molecule is COc1cccc(O)c1-n1c(NS(=O)(=O)[C@H](C)[C@@H](O)c2cnc(C)cn2)nnc1C1=C=C=CN=C1. The number of hydrogen-bond donors (Lipinski definition) is 3. The predicted octanol–water partition coefficient (Wildman–Crippen LogP) is 1.68. The molecule has 0 radical (unpaired) electrons. The van der Waals surface area contributed by atoms with E-state index in [9.17, 15) is 18.6 Å². The Kier molecular flexibility index (Phi) is 6.50. The molecule has 12 nitrogen and oxygen atoms in total. The van der Waals surface area contributed by atoms with Crippen molar-refractivity contribution in [3.63, 3.8) is 0 Å². The number of phenolic OH excluding ortho intramolecular Hbond substituents is 1. The minimum absolute atomic E-state index is 0.0857. The maximum Gasteiger partial charge on any atom is 0.243 e. The molecule has 0 bridgehead atoms. The van der Waals surface area contributed by atoms with Crippen LogP contribution in [0.5, 0.6) is 11.5 Å². The summed E-state index contributed by atoms with van der Waals surface area (Å²) in [7, 11) is -2.85. The van der Waals surface area contributed by atoms with E-state index >= 15 is 0 Å². The smallest absolute Gasteiger partial charge is 0.243 e. The highest BCUT2D eigenvalue weighted by molar-refractivity contribution is 7.93. The Morgan fingerprint density at radius 3 is 2.66 bits per heavy atom. The number of aryl methyl sites for hydroxylation is 1. The normalized spacial score (nSPS) is 14.5. The second kappa shape index (κ2) is 9.53. The number of para-hydroxylation sites is 1. The van der Waals surface area contributed by atoms with Crippen molar-refractivity contribution in [3.8, 4) is 17.2 Å². The van der Waals surface area contributed by atoms with E-state index in [1.165, 1.54) is 49.5 Å². The van der Waals surface area contributed by atoms with Gasteiger partial charge in [0.05, 0.1) is 36.5 Å². The Morgan fingerprint density at radius 2 is 2.00 bits per heavy atom. The van der Waals surface area contributed by atoms with E-state index in [0.29, 0.717) is 11.3 Å². The van der Waals surface area contributed by atoms with Gasteiger partial charge in [-0.3, -0.25) is 24.2 Å². The van der Waals surface area contributed by atoms with Crippen LogP contribution in [0.3, 0.4) is 0 Å². The highest BCUT2D eigenvalue weighted by atomic mass is 32.2. The van der Waals surface area contributed by atoms with E-state index in [1.807, 2.05) is 0 Å². The van der Waals surface area contributed by atoms with E-state index < -0.39 is 21.4 Å². The number of rotatable bonds is 8. The van der Waals surface area contributed by atoms with Crippen LogP contribution in [0.25, 0.3) is 11.3 Å². The average molecular weight is 496 g/mol. The molecule has 0 fully saturated rings. The predicted molar refractivity (Wildman–Crippen MR) is 127 cm³/mol. The van der Waals surface area contributed by atoms with Gasteiger partial charge in [-0.2, -0.15) is 0 Å². The number of nitrogens with one attached hydrogen (secondary N) is 1. The standard InChI is InChI=1S/C22H21N7O5S/c1-13-10-25-16(12-24-13)20(31)14(2)35(32,33)28-22-27-26-21(15-6-5-9-23-11-15)29(22)19-17(30)7-4-8-18(19)34-3/h4,7-12,14,20,30-31H,1-3H3,(H,27,28)/t14-,20-/m1/s1. The van der Waals surface area contributed by atoms with Crippen LogP contribution in [-0.4, -0.2) is 61.9 Å². The molecule has 3 N–H and O–H groups in total. The minimum Gasteiger partial charge on any atom is -0.506 e. The first-order valence-electron chi connectivity index (χ1n) is 10.3. The molecule has 3 heterocycles. The number of aliphatic hydroxyl groups excluding tert-OH is 1. The summed E-state index contributed by atoms with van der Waals surface area (Å²) < 4.78 is 35.5. The molecule has 3 aromatic rings. The van der Waals surface area contributed by atoms with Crippen LogP contribution in [0.4, 0.5) is 5.95 Å². The number of allylic oxidation sites excluding steroid dienone is 1. The highest BCUT2D eigenvalue weighted by Gasteiger charge is 2.33. The van der Waals surface area contributed by atoms with E-state index in [0.717, 1.165) is 0 Å². The van der Waals surface area contributed by atoms with E-state index in [2.05, 4.69) is 41.3 Å². The number of benzene rings is 1. The van der Waals surface area contributed by atoms with Gasteiger partial charge in [0.2, 0.25) is 16.0 Å². The van der Waals surface area contributed by atoms with Gasteiger partial charge in [-0.1, -0.05) is 11.8 Å². The third-order valence-corrected chi connectivity index (χ3v) is 6.85. The number of anilines is 1. The lowest BCUT2D eigenvalue weighted by Crippen LogP contribution is -2.32. The second-order valence-electron chi connectivity index (χ2n) is 7.48. The summed E-state index contributed by atoms with van der Waals surface area (Å²) in [4.78, 5) is 12.1. The van der Waals surface area contributed by atoms with Crippen LogP contribution < -0.4 is 9.46 Å². The molecule has 4 rings (SSSR count). The molecule has 0 spiro atoms. The van der Waals surface area contributed by atoms with E-state index in [-0.39, 0.29) is 34.7 Å². The first-order valence-corrected chi connectivity index (χ1v) is 11.8. The third kappa shape index (κ3) is 4.70. The van der Waals surface area contributed by atoms with Crippen molar-refractivity contribution in [2.24, 2.45) is 4.99 Å². The van der Waals surface area contributed by atoms with Gasteiger partial charge in [-0.25, -0.2) is 8.42 Å². The lowest BCUT2D eigenvalue weighted by atomic mass is 10.2. The van der Waals surface area contributed by atoms with Gasteiger partial charge < -0.3 is 14.9 Å². The fourth-order valence-electron chi connectivity index (χ4n) is 3.23. The van der Waals surface area contributed by atoms with Crippen LogP contribution in [0.15, 0.2) is 53.2 Å². The lowest BCUT2D eigenvalue weighted by Gasteiger charge is -2.20. The molecule has 1 aliphatic rings. The Bertz CT molecular complexity index is 1500. The number of aliphatic hydroxyl groups is 1. The van der Waals surface area contributed by atoms with Crippen molar-refractivity contribution in [3.05, 3.63) is 65.5 Å². The number of methoxy groups -OCH3 is 1. The Hall–Kier alpha value is -4.28. The summed E-state index contributed by atoms with van der Waals surface area (Å²) in [5.41, 5.74) is 6.66. The van der Waals surface area contributed by atoms with Crippen molar-refractivity contribution < 1.29 is 23.4 Å². The number of aliphatic imine (C=N–C) groups is 1. The molecule has 1 aromatic carbocycles. The third-order valence-electron chi connectivity index (χ3n) is 5.15. The summed E-state index contributed by atoms with van der Waals surface area (Å²) in [6.07, 6.45) is 4.10. The van der Waals surface area contributed by atoms with Gasteiger partial charge in [0.1, 0.15) is 28.5 Å². The topological polar surface area (TPSA) is 165 Å². The molecule has 13 heteroatoms. The minimum atomic E-state index is -4.25. The molecular weight excluding hydrogens is 474 g/mol. The monoisotopic (exact) mass is 495 g/mol. The van der Waals surface area contributed by atoms with Crippen LogP contribution >= 0.6 is 0 Å². The van der Waals surface area contributed by atoms with Gasteiger partial charge in [0.25, 0.3) is 0 Å². The molecule has 0 saturated carbocycles. The number of aromatic hydroxyl groups is 1. The molecule has 0 amide bonds. The van der Waals surface area contributed by atoms with Gasteiger partial charge in [0.15, 0.2) is 5.82 Å². The van der Waals surface area contributed by atoms with Gasteiger partial charge in [-0.05, 0) is 31.7 Å². The van der Waals surface area contributed by atoms with Crippen molar-refractivity contribution in [1.29, 1.82) is 0 Å². The molecule has 2 atom stereocenters. The van der Waals surface area contributed by atoms with Crippen molar-refractivity contribution in [1.82, 2.24) is 24.7 Å². The number of sulfonamides is 1. The number of ether oxygens (including phenoxy) is 1. The zero-order chi connectivity index (χ0) is 25.2. The van der Waals surface area contributed by atoms with Crippen LogP contribution in [0, 0.1) is 6.92 Å². The van der Waals surface area contributed by atoms with Gasteiger partial charge in [0, 0.05) is 12.4 Å². The van der Waals surface area contributed by atoms with Crippen molar-refractivity contribution in [2.45, 2.75) is 25.2 Å². The largest absolute Gasteiger partial charge is 0.506 e. The number of aromatic nitrogens is 5. The first kappa shape index (κ1) is 23.9. The first-order chi connectivity index (χ1) is 16.7. The van der Waals surface area contributed by atoms with Gasteiger partial charge >= 0.3 is 0 Å². The Morgan fingerprint density at radius 1 is 1.20 bits per heavy atom. The maximum absolute atomic E-state index is 13.2. The maximum atomic E-state index is 13.2. The summed E-state index contributed by atoms with van der Waals surface area (Å²) >= 11 is 0. The zero-order valence-electron chi connectivity index (χ0n) is 18.9. The summed E-state index contributed by atoms with van der Waals surface area (Å²) in [5, 5.41) is 28.0. The van der Waals surface area contributed by atoms with Crippen LogP contribution in [-0.2, 0) is 10.0 Å². The summed E-state index contributed by atoms with van der Waals surface area (Å²) in [6, 6.07) is 4.55. The van der Waals surface area contributed by atoms with Crippen LogP contribution in [0.2, 0.25) is 0 Å². The summed E-state index contributed by atoms with van der Waals surface area (Å²) in [5.74, 6) is -0.139. The fourth-order valence-corrected chi connectivity index (χ4v) is 4.28. The summed E-state index contributed by atoms with van der Waals surface area (Å²) in [6.45, 7) is 3.04. The van der Waals surface area contributed by atoms with Crippen LogP contribution in [0.1, 0.15) is 30.2 Å². The highest BCUT2D eigenvalue weighted by Crippen LogP contribution is 2.36. The van der Waals surface area contributed by atoms with E-state index in [4.69, 9.17) is 4.74 Å². The zero-order valence-corrected chi connectivity index (χ0v) is 19.7. The van der Waals surface area contributed by atoms with E-state index in [1.54, 1.807) is 19.1 Å². The Labute approximate surface area is 200 Å². The molecular formula is C22H21N7O5S. The molecule has 0 saturated heterocycles.